The first-order chi connectivity index (χ1) is 10.1. The Bertz CT molecular complexity index is 678. The van der Waals surface area contributed by atoms with Gasteiger partial charge in [0.05, 0.1) is 23.6 Å². The third kappa shape index (κ3) is 4.11. The van der Waals surface area contributed by atoms with Crippen LogP contribution in [0.25, 0.3) is 0 Å². The Labute approximate surface area is 125 Å². The standard InChI is InChI=1S/C17H20N2O2/c1-13-7-8-17(15(10-13)6-4-5-9-20)21-12-16-11-14(2)18-19(16)3/h7-8,10-11,20H,5,9,12H2,1-3H3. The smallest absolute Gasteiger partial charge is 0.135 e. The molecule has 1 aromatic carbocycles. The van der Waals surface area contributed by atoms with Crippen molar-refractivity contribution >= 4 is 0 Å². The highest BCUT2D eigenvalue weighted by molar-refractivity contribution is 5.48. The summed E-state index contributed by atoms with van der Waals surface area (Å²) in [6.07, 6.45) is 0.467. The number of aliphatic hydroxyl groups excluding tert-OH is 1. The lowest BCUT2D eigenvalue weighted by molar-refractivity contribution is 0.294. The maximum Gasteiger partial charge on any atom is 0.135 e. The van der Waals surface area contributed by atoms with Crippen molar-refractivity contribution in [3.63, 3.8) is 0 Å². The van der Waals surface area contributed by atoms with Gasteiger partial charge in [-0.15, -0.1) is 0 Å². The Morgan fingerprint density at radius 2 is 2.10 bits per heavy atom. The molecule has 1 aromatic heterocycles. The van der Waals surface area contributed by atoms with Crippen molar-refractivity contribution in [1.82, 2.24) is 9.78 Å². The molecule has 0 amide bonds. The van der Waals surface area contributed by atoms with E-state index in [1.807, 2.05) is 49.8 Å². The lowest BCUT2D eigenvalue weighted by atomic mass is 10.1. The van der Waals surface area contributed by atoms with E-state index >= 15 is 0 Å². The van der Waals surface area contributed by atoms with E-state index in [0.29, 0.717) is 13.0 Å². The van der Waals surface area contributed by atoms with Crippen molar-refractivity contribution in [3.05, 3.63) is 46.8 Å². The fourth-order valence-corrected chi connectivity index (χ4v) is 2.03. The molecule has 0 saturated heterocycles. The average molecular weight is 284 g/mol. The van der Waals surface area contributed by atoms with Crippen molar-refractivity contribution in [2.24, 2.45) is 7.05 Å². The van der Waals surface area contributed by atoms with Crippen LogP contribution < -0.4 is 4.74 Å². The van der Waals surface area contributed by atoms with Gasteiger partial charge in [-0.05, 0) is 37.6 Å². The summed E-state index contributed by atoms with van der Waals surface area (Å²) in [4.78, 5) is 0. The first-order valence-corrected chi connectivity index (χ1v) is 6.93. The van der Waals surface area contributed by atoms with Gasteiger partial charge in [-0.3, -0.25) is 4.68 Å². The van der Waals surface area contributed by atoms with E-state index in [1.54, 1.807) is 0 Å². The second-order valence-electron chi connectivity index (χ2n) is 4.96. The molecule has 2 aromatic rings. The van der Waals surface area contributed by atoms with Gasteiger partial charge in [0.1, 0.15) is 12.4 Å². The molecular weight excluding hydrogens is 264 g/mol. The van der Waals surface area contributed by atoms with Crippen LogP contribution in [0.4, 0.5) is 0 Å². The number of benzene rings is 1. The summed E-state index contributed by atoms with van der Waals surface area (Å²) >= 11 is 0. The zero-order valence-corrected chi connectivity index (χ0v) is 12.7. The van der Waals surface area contributed by atoms with Gasteiger partial charge in [-0.1, -0.05) is 17.9 Å². The van der Waals surface area contributed by atoms with E-state index in [0.717, 1.165) is 28.3 Å². The summed E-state index contributed by atoms with van der Waals surface area (Å²) in [7, 11) is 1.91. The number of rotatable bonds is 4. The monoisotopic (exact) mass is 284 g/mol. The molecule has 4 nitrogen and oxygen atoms in total. The first-order valence-electron chi connectivity index (χ1n) is 6.93. The fourth-order valence-electron chi connectivity index (χ4n) is 2.03. The summed E-state index contributed by atoms with van der Waals surface area (Å²) in [5.41, 5.74) is 3.97. The van der Waals surface area contributed by atoms with Crippen LogP contribution in [0.5, 0.6) is 5.75 Å². The first kappa shape index (κ1) is 15.1. The van der Waals surface area contributed by atoms with E-state index < -0.39 is 0 Å². The molecule has 0 saturated carbocycles. The lowest BCUT2D eigenvalue weighted by Crippen LogP contribution is -2.04. The highest BCUT2D eigenvalue weighted by Crippen LogP contribution is 2.20. The molecule has 0 radical (unpaired) electrons. The number of aromatic nitrogens is 2. The van der Waals surface area contributed by atoms with Crippen LogP contribution in [-0.2, 0) is 13.7 Å². The summed E-state index contributed by atoms with van der Waals surface area (Å²) < 4.78 is 7.70. The minimum absolute atomic E-state index is 0.0727. The van der Waals surface area contributed by atoms with Gasteiger partial charge < -0.3 is 9.84 Å². The Kier molecular flexibility index (Phi) is 5.02. The normalized spacial score (nSPS) is 10.1. The van der Waals surface area contributed by atoms with Crippen LogP contribution in [0.1, 0.15) is 28.9 Å². The molecule has 0 aliphatic carbocycles. The molecule has 1 heterocycles. The fraction of sp³-hybridized carbons (Fsp3) is 0.353. The molecule has 21 heavy (non-hydrogen) atoms. The van der Waals surface area contributed by atoms with Crippen molar-refractivity contribution in [3.8, 4) is 17.6 Å². The molecule has 0 bridgehead atoms. The van der Waals surface area contributed by atoms with E-state index in [9.17, 15) is 0 Å². The molecule has 0 atom stereocenters. The molecule has 0 unspecified atom stereocenters. The zero-order valence-electron chi connectivity index (χ0n) is 12.7. The van der Waals surface area contributed by atoms with Crippen molar-refractivity contribution in [1.29, 1.82) is 0 Å². The van der Waals surface area contributed by atoms with E-state index in [4.69, 9.17) is 9.84 Å². The largest absolute Gasteiger partial charge is 0.486 e. The molecule has 0 fully saturated rings. The number of aryl methyl sites for hydroxylation is 3. The SMILES string of the molecule is Cc1ccc(OCc2cc(C)nn2C)c(C#CCCO)c1. The number of hydrogen-bond donors (Lipinski definition) is 1. The number of hydrogen-bond acceptors (Lipinski definition) is 3. The van der Waals surface area contributed by atoms with Crippen LogP contribution in [-0.4, -0.2) is 21.5 Å². The van der Waals surface area contributed by atoms with Crippen LogP contribution in [0.2, 0.25) is 0 Å². The number of ether oxygens (including phenoxy) is 1. The van der Waals surface area contributed by atoms with E-state index in [1.165, 1.54) is 0 Å². The van der Waals surface area contributed by atoms with Crippen molar-refractivity contribution in [2.75, 3.05) is 6.61 Å². The van der Waals surface area contributed by atoms with Gasteiger partial charge in [-0.25, -0.2) is 0 Å². The Morgan fingerprint density at radius 1 is 1.29 bits per heavy atom. The topological polar surface area (TPSA) is 47.3 Å². The average Bonchev–Trinajstić information content (AvgIpc) is 2.76. The van der Waals surface area contributed by atoms with Gasteiger partial charge in [0.15, 0.2) is 0 Å². The van der Waals surface area contributed by atoms with Crippen molar-refractivity contribution < 1.29 is 9.84 Å². The number of nitrogens with zero attached hydrogens (tertiary/aromatic N) is 2. The van der Waals surface area contributed by atoms with Gasteiger partial charge in [0, 0.05) is 13.5 Å². The molecular formula is C17H20N2O2. The summed E-state index contributed by atoms with van der Waals surface area (Å²) in [6.45, 7) is 4.50. The quantitative estimate of drug-likeness (QED) is 0.877. The number of aliphatic hydroxyl groups is 1. The molecule has 0 aliphatic heterocycles. The predicted molar refractivity (Wildman–Crippen MR) is 82.0 cm³/mol. The lowest BCUT2D eigenvalue weighted by Gasteiger charge is -2.09. The van der Waals surface area contributed by atoms with E-state index in [-0.39, 0.29) is 6.61 Å². The Morgan fingerprint density at radius 3 is 2.76 bits per heavy atom. The molecule has 1 N–H and O–H groups in total. The van der Waals surface area contributed by atoms with E-state index in [2.05, 4.69) is 16.9 Å². The Hall–Kier alpha value is -2.25. The van der Waals surface area contributed by atoms with Gasteiger partial charge >= 0.3 is 0 Å². The van der Waals surface area contributed by atoms with Crippen LogP contribution in [0, 0.1) is 25.7 Å². The van der Waals surface area contributed by atoms with Crippen LogP contribution in [0.15, 0.2) is 24.3 Å². The highest BCUT2D eigenvalue weighted by Gasteiger charge is 2.06. The summed E-state index contributed by atoms with van der Waals surface area (Å²) in [6, 6.07) is 7.93. The maximum atomic E-state index is 8.81. The molecule has 4 heteroatoms. The summed E-state index contributed by atoms with van der Waals surface area (Å²) in [5.74, 6) is 6.74. The molecule has 110 valence electrons. The summed E-state index contributed by atoms with van der Waals surface area (Å²) in [5, 5.41) is 13.1. The van der Waals surface area contributed by atoms with Gasteiger partial charge in [0.2, 0.25) is 0 Å². The molecule has 2 rings (SSSR count). The molecule has 0 aliphatic rings. The van der Waals surface area contributed by atoms with Crippen LogP contribution in [0.3, 0.4) is 0 Å². The predicted octanol–water partition coefficient (Wildman–Crippen LogP) is 2.35. The van der Waals surface area contributed by atoms with Gasteiger partial charge in [0.25, 0.3) is 0 Å². The highest BCUT2D eigenvalue weighted by atomic mass is 16.5. The Balaban J connectivity index is 2.16. The second-order valence-corrected chi connectivity index (χ2v) is 4.96. The minimum Gasteiger partial charge on any atom is -0.486 e. The molecule has 0 spiro atoms. The second kappa shape index (κ2) is 6.96. The minimum atomic E-state index is 0.0727. The van der Waals surface area contributed by atoms with Crippen LogP contribution >= 0.6 is 0 Å². The third-order valence-electron chi connectivity index (χ3n) is 3.07. The van der Waals surface area contributed by atoms with Crippen molar-refractivity contribution in [2.45, 2.75) is 26.9 Å². The third-order valence-corrected chi connectivity index (χ3v) is 3.07. The van der Waals surface area contributed by atoms with Gasteiger partial charge in [-0.2, -0.15) is 5.10 Å². The maximum absolute atomic E-state index is 8.81. The zero-order chi connectivity index (χ0) is 15.2.